The molecular formula is C12H13BrN2O3. The third-order valence-corrected chi connectivity index (χ3v) is 3.76. The van der Waals surface area contributed by atoms with Gasteiger partial charge in [0.2, 0.25) is 0 Å². The predicted octanol–water partition coefficient (Wildman–Crippen LogP) is 2.84. The van der Waals surface area contributed by atoms with Gasteiger partial charge < -0.3 is 4.90 Å². The molecule has 96 valence electrons. The fourth-order valence-electron chi connectivity index (χ4n) is 2.09. The van der Waals surface area contributed by atoms with Crippen LogP contribution < -0.4 is 4.90 Å². The Kier molecular flexibility index (Phi) is 3.65. The summed E-state index contributed by atoms with van der Waals surface area (Å²) in [7, 11) is 0. The molecule has 0 aromatic heterocycles. The average molecular weight is 313 g/mol. The van der Waals surface area contributed by atoms with Crippen LogP contribution in [0.15, 0.2) is 16.6 Å². The minimum absolute atomic E-state index is 0.110. The molecule has 0 spiro atoms. The van der Waals surface area contributed by atoms with Gasteiger partial charge in [-0.2, -0.15) is 0 Å². The van der Waals surface area contributed by atoms with E-state index in [1.54, 1.807) is 13.0 Å². The number of aryl methyl sites for hydroxylation is 1. The molecule has 1 aliphatic rings. The molecule has 1 heterocycles. The van der Waals surface area contributed by atoms with Crippen LogP contribution in [-0.2, 0) is 4.79 Å². The maximum atomic E-state index is 11.2. The normalized spacial score (nSPS) is 15.9. The molecule has 0 aliphatic carbocycles. The van der Waals surface area contributed by atoms with Crippen molar-refractivity contribution in [2.24, 2.45) is 0 Å². The van der Waals surface area contributed by atoms with Crippen LogP contribution in [0.2, 0.25) is 0 Å². The second-order valence-electron chi connectivity index (χ2n) is 4.37. The first kappa shape index (κ1) is 13.0. The second kappa shape index (κ2) is 5.06. The number of hydrogen-bond acceptors (Lipinski definition) is 4. The Hall–Kier alpha value is -1.43. The number of anilines is 1. The standard InChI is InChI=1S/C12H13BrN2O3/c1-8-6-12(10(13)7-11(8)15(17)18)14-4-2-9(16)3-5-14/h6-7H,2-5H2,1H3. The molecule has 1 aromatic rings. The quantitative estimate of drug-likeness (QED) is 0.622. The molecule has 0 radical (unpaired) electrons. The third kappa shape index (κ3) is 2.53. The number of nitro benzene ring substituents is 1. The van der Waals surface area contributed by atoms with E-state index < -0.39 is 0 Å². The summed E-state index contributed by atoms with van der Waals surface area (Å²) in [6.45, 7) is 3.08. The molecule has 1 aliphatic heterocycles. The van der Waals surface area contributed by atoms with Gasteiger partial charge in [-0.3, -0.25) is 14.9 Å². The minimum Gasteiger partial charge on any atom is -0.370 e. The number of nitrogens with zero attached hydrogens (tertiary/aromatic N) is 2. The summed E-state index contributed by atoms with van der Waals surface area (Å²) in [5.74, 6) is 0.279. The number of rotatable bonds is 2. The van der Waals surface area contributed by atoms with Crippen LogP contribution in [0, 0.1) is 17.0 Å². The van der Waals surface area contributed by atoms with Crippen LogP contribution in [0.5, 0.6) is 0 Å². The number of Topliss-reactive ketones (excluding diaryl/α,β-unsaturated/α-hetero) is 1. The molecule has 2 rings (SSSR count). The monoisotopic (exact) mass is 312 g/mol. The molecule has 18 heavy (non-hydrogen) atoms. The van der Waals surface area contributed by atoms with Gasteiger partial charge in [0.25, 0.3) is 5.69 Å². The van der Waals surface area contributed by atoms with Crippen LogP contribution in [0.4, 0.5) is 11.4 Å². The fraction of sp³-hybridized carbons (Fsp3) is 0.417. The number of carbonyl (C=O) groups excluding carboxylic acids is 1. The molecule has 0 unspecified atom stereocenters. The second-order valence-corrected chi connectivity index (χ2v) is 5.23. The van der Waals surface area contributed by atoms with Crippen LogP contribution in [-0.4, -0.2) is 23.8 Å². The summed E-state index contributed by atoms with van der Waals surface area (Å²) < 4.78 is 0.703. The van der Waals surface area contributed by atoms with Crippen molar-refractivity contribution < 1.29 is 9.72 Å². The zero-order valence-corrected chi connectivity index (χ0v) is 11.6. The highest BCUT2D eigenvalue weighted by molar-refractivity contribution is 9.10. The minimum atomic E-state index is -0.385. The van der Waals surface area contributed by atoms with E-state index in [0.29, 0.717) is 36.0 Å². The Morgan fingerprint density at radius 2 is 1.94 bits per heavy atom. The Labute approximate surface area is 113 Å². The van der Waals surface area contributed by atoms with Gasteiger partial charge in [0.1, 0.15) is 5.78 Å². The molecule has 1 aromatic carbocycles. The molecular weight excluding hydrogens is 300 g/mol. The van der Waals surface area contributed by atoms with Crippen molar-refractivity contribution in [1.29, 1.82) is 0 Å². The topological polar surface area (TPSA) is 63.5 Å². The Morgan fingerprint density at radius 3 is 2.50 bits per heavy atom. The van der Waals surface area contributed by atoms with E-state index in [4.69, 9.17) is 0 Å². The van der Waals surface area contributed by atoms with E-state index in [0.717, 1.165) is 5.69 Å². The summed E-state index contributed by atoms with van der Waals surface area (Å²) in [5.41, 5.74) is 1.67. The average Bonchev–Trinajstić information content (AvgIpc) is 2.32. The Morgan fingerprint density at radius 1 is 1.33 bits per heavy atom. The Balaban J connectivity index is 2.32. The van der Waals surface area contributed by atoms with E-state index in [1.807, 2.05) is 0 Å². The van der Waals surface area contributed by atoms with E-state index in [9.17, 15) is 14.9 Å². The molecule has 5 nitrogen and oxygen atoms in total. The van der Waals surface area contributed by atoms with Crippen molar-refractivity contribution in [2.45, 2.75) is 19.8 Å². The summed E-state index contributed by atoms with van der Waals surface area (Å²) in [6.07, 6.45) is 1.09. The van der Waals surface area contributed by atoms with Crippen LogP contribution >= 0.6 is 15.9 Å². The van der Waals surface area contributed by atoms with Crippen molar-refractivity contribution in [2.75, 3.05) is 18.0 Å². The number of benzene rings is 1. The lowest BCUT2D eigenvalue weighted by Gasteiger charge is -2.29. The van der Waals surface area contributed by atoms with Gasteiger partial charge in [0.15, 0.2) is 0 Å². The van der Waals surface area contributed by atoms with E-state index in [2.05, 4.69) is 20.8 Å². The van der Waals surface area contributed by atoms with Crippen LogP contribution in [0.1, 0.15) is 18.4 Å². The van der Waals surface area contributed by atoms with Crippen molar-refractivity contribution in [3.05, 3.63) is 32.3 Å². The SMILES string of the molecule is Cc1cc(N2CCC(=O)CC2)c(Br)cc1[N+](=O)[O-]. The largest absolute Gasteiger partial charge is 0.370 e. The highest BCUT2D eigenvalue weighted by Crippen LogP contribution is 2.34. The molecule has 1 fully saturated rings. The van der Waals surface area contributed by atoms with Gasteiger partial charge in [-0.15, -0.1) is 0 Å². The maximum absolute atomic E-state index is 11.2. The first-order chi connectivity index (χ1) is 8.49. The molecule has 0 bridgehead atoms. The summed E-state index contributed by atoms with van der Waals surface area (Å²) in [6, 6.07) is 3.33. The maximum Gasteiger partial charge on any atom is 0.273 e. The predicted molar refractivity (Wildman–Crippen MR) is 72.0 cm³/mol. The molecule has 0 amide bonds. The highest BCUT2D eigenvalue weighted by Gasteiger charge is 2.21. The fourth-order valence-corrected chi connectivity index (χ4v) is 2.67. The number of halogens is 1. The number of nitro groups is 1. The summed E-state index contributed by atoms with van der Waals surface area (Å²) in [4.78, 5) is 23.7. The number of carbonyl (C=O) groups is 1. The first-order valence-corrected chi connectivity index (χ1v) is 6.49. The van der Waals surface area contributed by atoms with Gasteiger partial charge in [-0.1, -0.05) is 0 Å². The number of ketones is 1. The first-order valence-electron chi connectivity index (χ1n) is 5.70. The smallest absolute Gasteiger partial charge is 0.273 e. The lowest BCUT2D eigenvalue weighted by molar-refractivity contribution is -0.385. The van der Waals surface area contributed by atoms with Crippen molar-refractivity contribution in [3.63, 3.8) is 0 Å². The zero-order chi connectivity index (χ0) is 13.3. The van der Waals surface area contributed by atoms with Crippen molar-refractivity contribution in [1.82, 2.24) is 0 Å². The van der Waals surface area contributed by atoms with E-state index in [1.165, 1.54) is 6.07 Å². The van der Waals surface area contributed by atoms with Gasteiger partial charge in [0.05, 0.1) is 10.6 Å². The van der Waals surface area contributed by atoms with Crippen LogP contribution in [0.3, 0.4) is 0 Å². The van der Waals surface area contributed by atoms with Crippen LogP contribution in [0.25, 0.3) is 0 Å². The van der Waals surface area contributed by atoms with Gasteiger partial charge in [-0.05, 0) is 28.9 Å². The van der Waals surface area contributed by atoms with E-state index >= 15 is 0 Å². The van der Waals surface area contributed by atoms with Crippen molar-refractivity contribution >= 4 is 33.1 Å². The van der Waals surface area contributed by atoms with Crippen molar-refractivity contribution in [3.8, 4) is 0 Å². The molecule has 0 saturated carbocycles. The number of piperidine rings is 1. The lowest BCUT2D eigenvalue weighted by Crippen LogP contribution is -2.34. The van der Waals surface area contributed by atoms with Gasteiger partial charge in [-0.25, -0.2) is 0 Å². The van der Waals surface area contributed by atoms with Gasteiger partial charge >= 0.3 is 0 Å². The molecule has 0 N–H and O–H groups in total. The Bertz CT molecular complexity index is 506. The lowest BCUT2D eigenvalue weighted by atomic mass is 10.1. The molecule has 1 saturated heterocycles. The van der Waals surface area contributed by atoms with Gasteiger partial charge in [0, 0.05) is 42.0 Å². The summed E-state index contributed by atoms with van der Waals surface area (Å²) in [5, 5.41) is 10.8. The zero-order valence-electron chi connectivity index (χ0n) is 9.98. The molecule has 0 atom stereocenters. The molecule has 6 heteroatoms. The van der Waals surface area contributed by atoms with E-state index in [-0.39, 0.29) is 16.4 Å². The summed E-state index contributed by atoms with van der Waals surface area (Å²) >= 11 is 3.37. The number of hydrogen-bond donors (Lipinski definition) is 0. The third-order valence-electron chi connectivity index (χ3n) is 3.12. The highest BCUT2D eigenvalue weighted by atomic mass is 79.9.